The van der Waals surface area contributed by atoms with Crippen LogP contribution in [0.4, 0.5) is 4.39 Å². The molecule has 2 heterocycles. The predicted octanol–water partition coefficient (Wildman–Crippen LogP) is 2.30. The summed E-state index contributed by atoms with van der Waals surface area (Å²) in [6.07, 6.45) is 3.04. The third-order valence-corrected chi connectivity index (χ3v) is 4.14. The average molecular weight is 317 g/mol. The number of aryl methyl sites for hydroxylation is 1. The van der Waals surface area contributed by atoms with Crippen LogP contribution in [0.3, 0.4) is 0 Å². The van der Waals surface area contributed by atoms with Gasteiger partial charge in [-0.2, -0.15) is 5.10 Å². The second kappa shape index (κ2) is 6.40. The Bertz CT molecular complexity index is 696. The number of rotatable bonds is 3. The first-order chi connectivity index (χ1) is 11.0. The molecule has 122 valence electrons. The molecule has 1 aromatic heterocycles. The summed E-state index contributed by atoms with van der Waals surface area (Å²) in [5.74, 6) is 0.100. The number of benzene rings is 1. The van der Waals surface area contributed by atoms with Crippen molar-refractivity contribution in [1.82, 2.24) is 14.7 Å². The summed E-state index contributed by atoms with van der Waals surface area (Å²) in [5, 5.41) is 4.27. The van der Waals surface area contributed by atoms with Gasteiger partial charge < -0.3 is 9.64 Å². The summed E-state index contributed by atoms with van der Waals surface area (Å²) >= 11 is 0. The topological polar surface area (TPSA) is 47.4 Å². The van der Waals surface area contributed by atoms with E-state index in [1.807, 2.05) is 22.8 Å². The normalized spacial score (nSPS) is 15.7. The Balaban J connectivity index is 1.68. The number of nitrogens with zero attached hydrogens (tertiary/aromatic N) is 3. The molecule has 6 heteroatoms. The number of halogens is 1. The summed E-state index contributed by atoms with van der Waals surface area (Å²) < 4.78 is 20.4. The van der Waals surface area contributed by atoms with E-state index in [-0.39, 0.29) is 11.7 Å². The molecule has 0 saturated carbocycles. The van der Waals surface area contributed by atoms with Gasteiger partial charge >= 0.3 is 0 Å². The number of aromatic nitrogens is 2. The summed E-state index contributed by atoms with van der Waals surface area (Å²) in [6, 6.07) is 5.70. The average Bonchev–Trinajstić information content (AvgIpc) is 2.76. The van der Waals surface area contributed by atoms with E-state index in [1.54, 1.807) is 6.92 Å². The Morgan fingerprint density at radius 1 is 1.35 bits per heavy atom. The number of hydrogen-bond donors (Lipinski definition) is 0. The smallest absolute Gasteiger partial charge is 0.263 e. The van der Waals surface area contributed by atoms with Crippen molar-refractivity contribution >= 4 is 5.91 Å². The van der Waals surface area contributed by atoms with Gasteiger partial charge in [0, 0.05) is 31.4 Å². The first-order valence-corrected chi connectivity index (χ1v) is 7.75. The van der Waals surface area contributed by atoms with Gasteiger partial charge in [0.15, 0.2) is 6.10 Å². The third kappa shape index (κ3) is 3.36. The Kier molecular flexibility index (Phi) is 4.32. The molecule has 0 unspecified atom stereocenters. The van der Waals surface area contributed by atoms with Gasteiger partial charge in [-0.3, -0.25) is 9.48 Å². The van der Waals surface area contributed by atoms with Crippen LogP contribution in [0.15, 0.2) is 30.5 Å². The second-order valence-corrected chi connectivity index (χ2v) is 5.82. The summed E-state index contributed by atoms with van der Waals surface area (Å²) in [7, 11) is 1.93. The monoisotopic (exact) mass is 317 g/mol. The third-order valence-electron chi connectivity index (χ3n) is 4.14. The van der Waals surface area contributed by atoms with E-state index in [0.717, 1.165) is 18.4 Å². The number of carbonyl (C=O) groups is 1. The van der Waals surface area contributed by atoms with E-state index in [4.69, 9.17) is 4.74 Å². The van der Waals surface area contributed by atoms with E-state index in [9.17, 15) is 9.18 Å². The fraction of sp³-hybridized carbons (Fsp3) is 0.412. The second-order valence-electron chi connectivity index (χ2n) is 5.82. The van der Waals surface area contributed by atoms with Gasteiger partial charge in [0.05, 0.1) is 6.20 Å². The molecule has 1 aliphatic heterocycles. The van der Waals surface area contributed by atoms with Crippen LogP contribution in [0.2, 0.25) is 0 Å². The Morgan fingerprint density at radius 3 is 2.83 bits per heavy atom. The standard InChI is InChI=1S/C17H20FN3O2/c1-12(23-15-7-5-14(18)6-8-15)17(22)21-9-3-4-16-13(11-21)10-19-20(16)2/h5-8,10,12H,3-4,9,11H2,1-2H3/t12-/m1/s1. The highest BCUT2D eigenvalue weighted by Gasteiger charge is 2.26. The van der Waals surface area contributed by atoms with Crippen LogP contribution in [-0.2, 0) is 24.8 Å². The van der Waals surface area contributed by atoms with Crippen molar-refractivity contribution in [1.29, 1.82) is 0 Å². The lowest BCUT2D eigenvalue weighted by Crippen LogP contribution is -2.40. The van der Waals surface area contributed by atoms with Crippen molar-refractivity contribution in [2.45, 2.75) is 32.4 Å². The number of fused-ring (bicyclic) bond motifs is 1. The van der Waals surface area contributed by atoms with Gasteiger partial charge in [-0.25, -0.2) is 4.39 Å². The van der Waals surface area contributed by atoms with Crippen LogP contribution in [-0.4, -0.2) is 33.2 Å². The van der Waals surface area contributed by atoms with Crippen molar-refractivity contribution in [2.75, 3.05) is 6.54 Å². The highest BCUT2D eigenvalue weighted by atomic mass is 19.1. The minimum absolute atomic E-state index is 0.0639. The van der Waals surface area contributed by atoms with Crippen LogP contribution in [0.1, 0.15) is 24.6 Å². The fourth-order valence-corrected chi connectivity index (χ4v) is 2.90. The fourth-order valence-electron chi connectivity index (χ4n) is 2.90. The summed E-state index contributed by atoms with van der Waals surface area (Å²) in [6.45, 7) is 2.98. The lowest BCUT2D eigenvalue weighted by Gasteiger charge is -2.24. The van der Waals surface area contributed by atoms with Crippen LogP contribution < -0.4 is 4.74 Å². The predicted molar refractivity (Wildman–Crippen MR) is 83.4 cm³/mol. The first-order valence-electron chi connectivity index (χ1n) is 7.75. The van der Waals surface area contributed by atoms with E-state index in [2.05, 4.69) is 5.10 Å². The highest BCUT2D eigenvalue weighted by Crippen LogP contribution is 2.20. The van der Waals surface area contributed by atoms with Crippen molar-refractivity contribution in [2.24, 2.45) is 7.05 Å². The first kappa shape index (κ1) is 15.5. The zero-order chi connectivity index (χ0) is 16.4. The maximum atomic E-state index is 12.9. The van der Waals surface area contributed by atoms with Gasteiger partial charge in [0.25, 0.3) is 5.91 Å². The van der Waals surface area contributed by atoms with Crippen LogP contribution in [0.25, 0.3) is 0 Å². The zero-order valence-electron chi connectivity index (χ0n) is 13.3. The Morgan fingerprint density at radius 2 is 2.09 bits per heavy atom. The molecule has 23 heavy (non-hydrogen) atoms. The van der Waals surface area contributed by atoms with Gasteiger partial charge in [0.2, 0.25) is 0 Å². The van der Waals surface area contributed by atoms with E-state index < -0.39 is 6.10 Å². The minimum atomic E-state index is -0.612. The van der Waals surface area contributed by atoms with Crippen molar-refractivity contribution in [3.8, 4) is 5.75 Å². The van der Waals surface area contributed by atoms with E-state index >= 15 is 0 Å². The molecule has 2 aromatic rings. The molecular formula is C17H20FN3O2. The molecule has 1 atom stereocenters. The van der Waals surface area contributed by atoms with E-state index in [1.165, 1.54) is 30.0 Å². The minimum Gasteiger partial charge on any atom is -0.481 e. The molecule has 0 saturated heterocycles. The molecule has 1 aromatic carbocycles. The van der Waals surface area contributed by atoms with Gasteiger partial charge in [0.1, 0.15) is 11.6 Å². The molecule has 1 aliphatic rings. The summed E-state index contributed by atoms with van der Waals surface area (Å²) in [5.41, 5.74) is 2.28. The maximum absolute atomic E-state index is 12.9. The van der Waals surface area contributed by atoms with E-state index in [0.29, 0.717) is 18.8 Å². The quantitative estimate of drug-likeness (QED) is 0.873. The zero-order valence-corrected chi connectivity index (χ0v) is 13.3. The lowest BCUT2D eigenvalue weighted by molar-refractivity contribution is -0.138. The molecule has 0 fully saturated rings. The van der Waals surface area contributed by atoms with Gasteiger partial charge in [-0.1, -0.05) is 0 Å². The molecule has 0 aliphatic carbocycles. The van der Waals surface area contributed by atoms with Crippen molar-refractivity contribution < 1.29 is 13.9 Å². The van der Waals surface area contributed by atoms with Gasteiger partial charge in [-0.05, 0) is 44.0 Å². The molecule has 0 spiro atoms. The highest BCUT2D eigenvalue weighted by molar-refractivity contribution is 5.81. The lowest BCUT2D eigenvalue weighted by atomic mass is 10.2. The number of carbonyl (C=O) groups excluding carboxylic acids is 1. The maximum Gasteiger partial charge on any atom is 0.263 e. The number of hydrogen-bond acceptors (Lipinski definition) is 3. The Hall–Kier alpha value is -2.37. The molecule has 3 rings (SSSR count). The van der Waals surface area contributed by atoms with Crippen molar-refractivity contribution in [3.63, 3.8) is 0 Å². The molecular weight excluding hydrogens is 297 g/mol. The van der Waals surface area contributed by atoms with Gasteiger partial charge in [-0.15, -0.1) is 0 Å². The van der Waals surface area contributed by atoms with Crippen LogP contribution in [0.5, 0.6) is 5.75 Å². The Labute approximate surface area is 134 Å². The van der Waals surface area contributed by atoms with Crippen molar-refractivity contribution in [3.05, 3.63) is 47.5 Å². The molecule has 5 nitrogen and oxygen atoms in total. The summed E-state index contributed by atoms with van der Waals surface area (Å²) in [4.78, 5) is 14.4. The molecule has 0 N–H and O–H groups in total. The molecule has 0 radical (unpaired) electrons. The van der Waals surface area contributed by atoms with Crippen LogP contribution >= 0.6 is 0 Å². The van der Waals surface area contributed by atoms with Crippen LogP contribution in [0, 0.1) is 5.82 Å². The molecule has 1 amide bonds. The molecule has 0 bridgehead atoms. The number of ether oxygens (including phenoxy) is 1. The largest absolute Gasteiger partial charge is 0.481 e. The SMILES string of the molecule is C[C@@H](Oc1ccc(F)cc1)C(=O)N1CCCc2c(cnn2C)C1. The number of amides is 1.